The van der Waals surface area contributed by atoms with Gasteiger partial charge in [0.2, 0.25) is 0 Å². The Morgan fingerprint density at radius 3 is 2.73 bits per heavy atom. The molecule has 15 heavy (non-hydrogen) atoms. The number of nitrogens with one attached hydrogen (secondary N) is 1. The van der Waals surface area contributed by atoms with Gasteiger partial charge in [-0.05, 0) is 16.9 Å². The topological polar surface area (TPSA) is 55.1 Å². The maximum atomic E-state index is 11.4. The molecule has 3 N–H and O–H groups in total. The summed E-state index contributed by atoms with van der Waals surface area (Å²) in [6.07, 6.45) is 0. The maximum Gasteiger partial charge on any atom is 0.265 e. The number of carbonyl (C=O) groups excluding carboxylic acids is 1. The van der Waals surface area contributed by atoms with Crippen molar-refractivity contribution in [3.63, 3.8) is 0 Å². The van der Waals surface area contributed by atoms with Crippen molar-refractivity contribution in [1.82, 2.24) is 5.43 Å². The van der Waals surface area contributed by atoms with Crippen molar-refractivity contribution in [3.8, 4) is 0 Å². The number of nitrogen functional groups attached to an aromatic ring is 1. The van der Waals surface area contributed by atoms with Gasteiger partial charge >= 0.3 is 0 Å². The predicted octanol–water partition coefficient (Wildman–Crippen LogP) is 1.93. The van der Waals surface area contributed by atoms with Gasteiger partial charge in [0.15, 0.2) is 0 Å². The Bertz CT molecular complexity index is 339. The van der Waals surface area contributed by atoms with Crippen molar-refractivity contribution in [2.45, 2.75) is 24.9 Å². The van der Waals surface area contributed by atoms with Gasteiger partial charge in [-0.3, -0.25) is 10.2 Å². The van der Waals surface area contributed by atoms with Crippen LogP contribution in [0.25, 0.3) is 0 Å². The average molecular weight is 224 g/mol. The molecule has 0 aliphatic carbocycles. The number of benzene rings is 1. The summed E-state index contributed by atoms with van der Waals surface area (Å²) in [5.41, 5.74) is 3.85. The number of hydrogen-bond acceptors (Lipinski definition) is 3. The van der Waals surface area contributed by atoms with E-state index in [9.17, 15) is 4.79 Å². The molecular weight excluding hydrogens is 208 g/mol. The highest BCUT2D eigenvalue weighted by molar-refractivity contribution is 7.99. The first-order valence-corrected chi connectivity index (χ1v) is 5.90. The van der Waals surface area contributed by atoms with E-state index in [1.807, 2.05) is 18.2 Å². The van der Waals surface area contributed by atoms with Crippen LogP contribution in [0.5, 0.6) is 0 Å². The Labute approximate surface area is 94.4 Å². The van der Waals surface area contributed by atoms with Crippen molar-refractivity contribution in [1.29, 1.82) is 0 Å². The van der Waals surface area contributed by atoms with Crippen LogP contribution in [0.2, 0.25) is 0 Å². The van der Waals surface area contributed by atoms with Crippen LogP contribution in [0.4, 0.5) is 0 Å². The first-order chi connectivity index (χ1) is 7.15. The lowest BCUT2D eigenvalue weighted by Gasteiger charge is -2.09. The molecule has 0 aromatic heterocycles. The Kier molecular flexibility index (Phi) is 4.65. The first-order valence-electron chi connectivity index (χ1n) is 4.85. The molecule has 0 fully saturated rings. The molecule has 4 heteroatoms. The summed E-state index contributed by atoms with van der Waals surface area (Å²) in [4.78, 5) is 11.4. The molecule has 0 unspecified atom stereocenters. The molecule has 0 aliphatic rings. The minimum Gasteiger partial charge on any atom is -0.290 e. The van der Waals surface area contributed by atoms with Crippen LogP contribution in [-0.2, 0) is 5.75 Å². The van der Waals surface area contributed by atoms with E-state index in [-0.39, 0.29) is 5.91 Å². The zero-order valence-corrected chi connectivity index (χ0v) is 9.80. The number of carbonyl (C=O) groups is 1. The van der Waals surface area contributed by atoms with E-state index in [1.54, 1.807) is 17.8 Å². The molecule has 1 aromatic rings. The molecule has 3 nitrogen and oxygen atoms in total. The largest absolute Gasteiger partial charge is 0.290 e. The molecule has 0 radical (unpaired) electrons. The third-order valence-electron chi connectivity index (χ3n) is 1.97. The summed E-state index contributed by atoms with van der Waals surface area (Å²) in [5, 5.41) is 0.555. The third-order valence-corrected chi connectivity index (χ3v) is 3.11. The van der Waals surface area contributed by atoms with Gasteiger partial charge in [0.25, 0.3) is 5.91 Å². The van der Waals surface area contributed by atoms with Crippen molar-refractivity contribution < 1.29 is 4.79 Å². The van der Waals surface area contributed by atoms with Crippen LogP contribution in [0.3, 0.4) is 0 Å². The number of thioether (sulfide) groups is 1. The highest BCUT2D eigenvalue weighted by Crippen LogP contribution is 2.19. The average Bonchev–Trinajstić information content (AvgIpc) is 2.25. The molecule has 0 atom stereocenters. The second kappa shape index (κ2) is 5.78. The zero-order chi connectivity index (χ0) is 11.3. The standard InChI is InChI=1S/C11H16N2OS/c1-8(2)15-7-9-5-3-4-6-10(9)11(14)13-12/h3-6,8H,7,12H2,1-2H3,(H,13,14). The molecule has 1 amide bonds. The summed E-state index contributed by atoms with van der Waals surface area (Å²) in [5.74, 6) is 5.73. The van der Waals surface area contributed by atoms with Gasteiger partial charge < -0.3 is 0 Å². The number of amides is 1. The highest BCUT2D eigenvalue weighted by atomic mass is 32.2. The van der Waals surface area contributed by atoms with Crippen molar-refractivity contribution in [2.75, 3.05) is 0 Å². The maximum absolute atomic E-state index is 11.4. The fourth-order valence-corrected chi connectivity index (χ4v) is 1.97. The van der Waals surface area contributed by atoms with E-state index in [0.29, 0.717) is 10.8 Å². The van der Waals surface area contributed by atoms with Crippen LogP contribution in [0.15, 0.2) is 24.3 Å². The predicted molar refractivity (Wildman–Crippen MR) is 64.5 cm³/mol. The van der Waals surface area contributed by atoms with Gasteiger partial charge in [0, 0.05) is 11.3 Å². The molecule has 0 heterocycles. The van der Waals surface area contributed by atoms with E-state index < -0.39 is 0 Å². The summed E-state index contributed by atoms with van der Waals surface area (Å²) in [6, 6.07) is 7.52. The van der Waals surface area contributed by atoms with Crippen molar-refractivity contribution >= 4 is 17.7 Å². The number of hydrogen-bond donors (Lipinski definition) is 2. The summed E-state index contributed by atoms with van der Waals surface area (Å²) in [6.45, 7) is 4.27. The fourth-order valence-electron chi connectivity index (χ4n) is 1.20. The lowest BCUT2D eigenvalue weighted by molar-refractivity contribution is 0.0953. The lowest BCUT2D eigenvalue weighted by atomic mass is 10.1. The van der Waals surface area contributed by atoms with Gasteiger partial charge in [-0.15, -0.1) is 0 Å². The van der Waals surface area contributed by atoms with Crippen LogP contribution >= 0.6 is 11.8 Å². The van der Waals surface area contributed by atoms with Gasteiger partial charge in [-0.25, -0.2) is 5.84 Å². The minimum absolute atomic E-state index is 0.227. The van der Waals surface area contributed by atoms with Crippen LogP contribution < -0.4 is 11.3 Å². The molecule has 0 saturated heterocycles. The monoisotopic (exact) mass is 224 g/mol. The van der Waals surface area contributed by atoms with E-state index >= 15 is 0 Å². The SMILES string of the molecule is CC(C)SCc1ccccc1C(=O)NN. The first kappa shape index (κ1) is 12.1. The molecule has 82 valence electrons. The third kappa shape index (κ3) is 3.57. The molecule has 1 aromatic carbocycles. The van der Waals surface area contributed by atoms with Gasteiger partial charge in [-0.2, -0.15) is 11.8 Å². The Morgan fingerprint density at radius 2 is 2.13 bits per heavy atom. The van der Waals surface area contributed by atoms with Crippen LogP contribution in [-0.4, -0.2) is 11.2 Å². The molecule has 0 aliphatic heterocycles. The highest BCUT2D eigenvalue weighted by Gasteiger charge is 2.09. The second-order valence-electron chi connectivity index (χ2n) is 3.49. The van der Waals surface area contributed by atoms with Gasteiger partial charge in [0.1, 0.15) is 0 Å². The number of nitrogens with two attached hydrogens (primary N) is 1. The van der Waals surface area contributed by atoms with Gasteiger partial charge in [0.05, 0.1) is 0 Å². The van der Waals surface area contributed by atoms with E-state index in [4.69, 9.17) is 5.84 Å². The molecule has 0 saturated carbocycles. The number of rotatable bonds is 4. The van der Waals surface area contributed by atoms with E-state index in [1.165, 1.54) is 0 Å². The molecular formula is C11H16N2OS. The van der Waals surface area contributed by atoms with Gasteiger partial charge in [-0.1, -0.05) is 32.0 Å². The Balaban J connectivity index is 2.81. The number of hydrazine groups is 1. The fraction of sp³-hybridized carbons (Fsp3) is 0.364. The molecule has 0 spiro atoms. The quantitative estimate of drug-likeness (QED) is 0.467. The van der Waals surface area contributed by atoms with Crippen molar-refractivity contribution in [2.24, 2.45) is 5.84 Å². The summed E-state index contributed by atoms with van der Waals surface area (Å²) in [7, 11) is 0. The molecule has 0 bridgehead atoms. The van der Waals surface area contributed by atoms with E-state index in [0.717, 1.165) is 11.3 Å². The lowest BCUT2D eigenvalue weighted by Crippen LogP contribution is -2.30. The zero-order valence-electron chi connectivity index (χ0n) is 8.99. The van der Waals surface area contributed by atoms with Crippen molar-refractivity contribution in [3.05, 3.63) is 35.4 Å². The smallest absolute Gasteiger partial charge is 0.265 e. The normalized spacial score (nSPS) is 10.4. The Hall–Kier alpha value is -1.00. The minimum atomic E-state index is -0.227. The summed E-state index contributed by atoms with van der Waals surface area (Å²) < 4.78 is 0. The summed E-state index contributed by atoms with van der Waals surface area (Å²) >= 11 is 1.81. The van der Waals surface area contributed by atoms with Crippen LogP contribution in [0.1, 0.15) is 29.8 Å². The molecule has 1 rings (SSSR count). The van der Waals surface area contributed by atoms with E-state index in [2.05, 4.69) is 19.3 Å². The van der Waals surface area contributed by atoms with Crippen LogP contribution in [0, 0.1) is 0 Å². The Morgan fingerprint density at radius 1 is 1.47 bits per heavy atom. The second-order valence-corrected chi connectivity index (χ2v) is 5.06.